The molecule has 2 aliphatic rings. The topological polar surface area (TPSA) is 89.1 Å². The van der Waals surface area contributed by atoms with E-state index >= 15 is 0 Å². The molecule has 0 aliphatic heterocycles. The van der Waals surface area contributed by atoms with Crippen molar-refractivity contribution in [3.63, 3.8) is 0 Å². The number of hydrogen-bond acceptors (Lipinski definition) is 5. The van der Waals surface area contributed by atoms with E-state index < -0.39 is 15.0 Å². The van der Waals surface area contributed by atoms with E-state index in [9.17, 15) is 13.2 Å². The summed E-state index contributed by atoms with van der Waals surface area (Å²) in [6.45, 7) is 0.312. The first kappa shape index (κ1) is 12.9. The minimum Gasteiger partial charge on any atom is -0.461 e. The molecule has 2 fully saturated rings. The van der Waals surface area contributed by atoms with Crippen LogP contribution in [0.25, 0.3) is 0 Å². The molecule has 0 saturated heterocycles. The molecule has 1 aromatic heterocycles. The van der Waals surface area contributed by atoms with Gasteiger partial charge in [-0.25, -0.2) is 13.2 Å². The minimum atomic E-state index is -4.02. The van der Waals surface area contributed by atoms with Crippen molar-refractivity contribution in [2.75, 3.05) is 6.61 Å². The van der Waals surface area contributed by atoms with E-state index in [0.29, 0.717) is 18.2 Å². The number of nitrogens with zero attached hydrogens (tertiary/aromatic N) is 1. The van der Waals surface area contributed by atoms with Crippen LogP contribution in [0.5, 0.6) is 0 Å². The number of halogens is 1. The van der Waals surface area contributed by atoms with Crippen molar-refractivity contribution in [1.82, 2.24) is 10.2 Å². The highest BCUT2D eigenvalue weighted by molar-refractivity contribution is 8.13. The second-order valence-corrected chi connectivity index (χ2v) is 7.57. The average Bonchev–Trinajstić information content (AvgIpc) is 3.23. The largest absolute Gasteiger partial charge is 0.461 e. The lowest BCUT2D eigenvalue weighted by Gasteiger charge is -2.03. The fraction of sp³-hybridized carbons (Fsp3) is 0.636. The van der Waals surface area contributed by atoms with Crippen LogP contribution in [0.15, 0.2) is 4.90 Å². The molecular formula is C11H13ClN2O4S. The van der Waals surface area contributed by atoms with Crippen LogP contribution in [0.2, 0.25) is 0 Å². The zero-order chi connectivity index (χ0) is 13.6. The van der Waals surface area contributed by atoms with Gasteiger partial charge in [0.1, 0.15) is 4.90 Å². The summed E-state index contributed by atoms with van der Waals surface area (Å²) in [5.41, 5.74) is 0.200. The van der Waals surface area contributed by atoms with E-state index in [4.69, 9.17) is 15.4 Å². The van der Waals surface area contributed by atoms with Gasteiger partial charge in [-0.15, -0.1) is 0 Å². The molecule has 0 atom stereocenters. The lowest BCUT2D eigenvalue weighted by Crippen LogP contribution is -2.11. The van der Waals surface area contributed by atoms with Gasteiger partial charge in [0.15, 0.2) is 5.69 Å². The third kappa shape index (κ3) is 2.76. The van der Waals surface area contributed by atoms with Gasteiger partial charge >= 0.3 is 5.97 Å². The highest BCUT2D eigenvalue weighted by Crippen LogP contribution is 2.43. The monoisotopic (exact) mass is 304 g/mol. The Hall–Kier alpha value is -1.08. The number of rotatable bonds is 5. The zero-order valence-electron chi connectivity index (χ0n) is 10.1. The summed E-state index contributed by atoms with van der Waals surface area (Å²) in [5.74, 6) is -0.225. The predicted molar refractivity (Wildman–Crippen MR) is 66.6 cm³/mol. The SMILES string of the molecule is O=C(OCC1CC1)c1n[nH]c(C2CC2)c1S(=O)(=O)Cl. The van der Waals surface area contributed by atoms with E-state index in [2.05, 4.69) is 10.2 Å². The second-order valence-electron chi connectivity index (χ2n) is 5.07. The first-order chi connectivity index (χ1) is 8.97. The average molecular weight is 305 g/mol. The predicted octanol–water partition coefficient (Wildman–Crippen LogP) is 1.78. The molecule has 8 heteroatoms. The Balaban J connectivity index is 1.89. The third-order valence-electron chi connectivity index (χ3n) is 3.32. The van der Waals surface area contributed by atoms with Gasteiger partial charge in [-0.3, -0.25) is 5.10 Å². The Kier molecular flexibility index (Phi) is 3.05. The highest BCUT2D eigenvalue weighted by Gasteiger charge is 2.37. The number of aromatic nitrogens is 2. The van der Waals surface area contributed by atoms with Gasteiger partial charge in [-0.05, 0) is 31.6 Å². The first-order valence-electron chi connectivity index (χ1n) is 6.17. The lowest BCUT2D eigenvalue weighted by atomic mass is 10.2. The molecule has 2 saturated carbocycles. The Morgan fingerprint density at radius 2 is 2.05 bits per heavy atom. The number of aromatic amines is 1. The molecule has 104 valence electrons. The Bertz CT molecular complexity index is 617. The van der Waals surface area contributed by atoms with Gasteiger partial charge in [0.05, 0.1) is 12.3 Å². The van der Waals surface area contributed by atoms with Crippen LogP contribution < -0.4 is 0 Å². The summed E-state index contributed by atoms with van der Waals surface area (Å²) in [4.78, 5) is 11.7. The van der Waals surface area contributed by atoms with E-state index in [-0.39, 0.29) is 16.5 Å². The molecule has 0 unspecified atom stereocenters. The number of ether oxygens (including phenoxy) is 1. The van der Waals surface area contributed by atoms with Crippen LogP contribution in [0.1, 0.15) is 47.8 Å². The Labute approximate surface area is 114 Å². The number of H-pyrrole nitrogens is 1. The van der Waals surface area contributed by atoms with Gasteiger partial charge in [0.25, 0.3) is 9.05 Å². The van der Waals surface area contributed by atoms with Crippen molar-refractivity contribution >= 4 is 25.7 Å². The first-order valence-corrected chi connectivity index (χ1v) is 8.48. The second kappa shape index (κ2) is 4.49. The molecule has 3 rings (SSSR count). The third-order valence-corrected chi connectivity index (χ3v) is 4.68. The maximum absolute atomic E-state index is 11.9. The molecule has 19 heavy (non-hydrogen) atoms. The van der Waals surface area contributed by atoms with E-state index in [1.54, 1.807) is 0 Å². The summed E-state index contributed by atoms with van der Waals surface area (Å²) in [6.07, 6.45) is 3.83. The summed E-state index contributed by atoms with van der Waals surface area (Å²) in [7, 11) is 1.39. The molecule has 1 aromatic rings. The van der Waals surface area contributed by atoms with Gasteiger partial charge in [0, 0.05) is 16.6 Å². The molecule has 0 radical (unpaired) electrons. The Morgan fingerprint density at radius 1 is 1.37 bits per heavy atom. The van der Waals surface area contributed by atoms with Crippen LogP contribution in [0.3, 0.4) is 0 Å². The normalized spacial score (nSPS) is 19.4. The van der Waals surface area contributed by atoms with Gasteiger partial charge in [-0.2, -0.15) is 5.10 Å². The quantitative estimate of drug-likeness (QED) is 0.661. The van der Waals surface area contributed by atoms with Crippen molar-refractivity contribution < 1.29 is 17.9 Å². The van der Waals surface area contributed by atoms with E-state index in [1.165, 1.54) is 0 Å². The molecule has 1 N–H and O–H groups in total. The number of hydrogen-bond donors (Lipinski definition) is 1. The molecular weight excluding hydrogens is 292 g/mol. The van der Waals surface area contributed by atoms with E-state index in [0.717, 1.165) is 25.7 Å². The highest BCUT2D eigenvalue weighted by atomic mass is 35.7. The fourth-order valence-corrected chi connectivity index (χ4v) is 3.23. The summed E-state index contributed by atoms with van der Waals surface area (Å²) >= 11 is 0. The molecule has 0 bridgehead atoms. The summed E-state index contributed by atoms with van der Waals surface area (Å²) < 4.78 is 28.3. The molecule has 1 heterocycles. The number of nitrogens with one attached hydrogen (secondary N) is 1. The zero-order valence-corrected chi connectivity index (χ0v) is 11.6. The number of carbonyl (C=O) groups excluding carboxylic acids is 1. The van der Waals surface area contributed by atoms with Crippen molar-refractivity contribution in [2.45, 2.75) is 36.5 Å². The smallest absolute Gasteiger partial charge is 0.360 e. The van der Waals surface area contributed by atoms with Gasteiger partial charge in [0.2, 0.25) is 0 Å². The molecule has 0 spiro atoms. The van der Waals surface area contributed by atoms with Crippen molar-refractivity contribution in [3.8, 4) is 0 Å². The molecule has 2 aliphatic carbocycles. The molecule has 0 aromatic carbocycles. The van der Waals surface area contributed by atoms with Crippen LogP contribution in [-0.2, 0) is 13.8 Å². The van der Waals surface area contributed by atoms with Crippen molar-refractivity contribution in [2.24, 2.45) is 5.92 Å². The molecule has 0 amide bonds. The van der Waals surface area contributed by atoms with Crippen molar-refractivity contribution in [3.05, 3.63) is 11.4 Å². The number of esters is 1. The standard InChI is InChI=1S/C11H13ClN2O4S/c12-19(16,17)10-8(7-3-4-7)13-14-9(10)11(15)18-5-6-1-2-6/h6-7H,1-5H2,(H,13,14). The van der Waals surface area contributed by atoms with E-state index in [1.807, 2.05) is 0 Å². The molecule has 6 nitrogen and oxygen atoms in total. The van der Waals surface area contributed by atoms with Gasteiger partial charge < -0.3 is 4.74 Å². The van der Waals surface area contributed by atoms with Crippen LogP contribution >= 0.6 is 10.7 Å². The maximum atomic E-state index is 11.9. The van der Waals surface area contributed by atoms with Crippen molar-refractivity contribution in [1.29, 1.82) is 0 Å². The van der Waals surface area contributed by atoms with Crippen LogP contribution in [-0.4, -0.2) is 31.2 Å². The summed E-state index contributed by atoms with van der Waals surface area (Å²) in [5, 5.41) is 6.39. The Morgan fingerprint density at radius 3 is 2.58 bits per heavy atom. The fourth-order valence-electron chi connectivity index (χ4n) is 1.93. The summed E-state index contributed by atoms with van der Waals surface area (Å²) in [6, 6.07) is 0. The van der Waals surface area contributed by atoms with Gasteiger partial charge in [-0.1, -0.05) is 0 Å². The maximum Gasteiger partial charge on any atom is 0.360 e. The number of carbonyl (C=O) groups is 1. The van der Waals surface area contributed by atoms with Crippen LogP contribution in [0, 0.1) is 5.92 Å². The van der Waals surface area contributed by atoms with Crippen LogP contribution in [0.4, 0.5) is 0 Å². The lowest BCUT2D eigenvalue weighted by molar-refractivity contribution is 0.0474. The minimum absolute atomic E-state index is 0.0982.